The van der Waals surface area contributed by atoms with Gasteiger partial charge in [-0.05, 0) is 25.2 Å². The third-order valence-corrected chi connectivity index (χ3v) is 6.11. The minimum absolute atomic E-state index is 0.108. The average molecular weight is 441 g/mol. The lowest BCUT2D eigenvalue weighted by Crippen LogP contribution is -2.48. The molecular formula is C24H29FN4O3. The van der Waals surface area contributed by atoms with Crippen LogP contribution >= 0.6 is 0 Å². The molecule has 0 saturated carbocycles. The van der Waals surface area contributed by atoms with E-state index in [-0.39, 0.29) is 24.3 Å². The van der Waals surface area contributed by atoms with Crippen molar-refractivity contribution in [1.82, 2.24) is 14.8 Å². The van der Waals surface area contributed by atoms with Gasteiger partial charge >= 0.3 is 0 Å². The van der Waals surface area contributed by atoms with Gasteiger partial charge in [0.2, 0.25) is 0 Å². The molecule has 2 heterocycles. The first kappa shape index (κ1) is 22.2. The third-order valence-electron chi connectivity index (χ3n) is 6.11. The van der Waals surface area contributed by atoms with E-state index in [1.54, 1.807) is 38.5 Å². The molecule has 1 unspecified atom stereocenters. The van der Waals surface area contributed by atoms with Crippen LogP contribution in [0, 0.1) is 5.82 Å². The van der Waals surface area contributed by atoms with Crippen molar-refractivity contribution in [2.24, 2.45) is 5.10 Å². The van der Waals surface area contributed by atoms with Crippen LogP contribution in [0.25, 0.3) is 0 Å². The van der Waals surface area contributed by atoms with E-state index in [1.165, 1.54) is 11.1 Å². The van der Waals surface area contributed by atoms with Crippen LogP contribution < -0.4 is 9.47 Å². The maximum atomic E-state index is 14.5. The van der Waals surface area contributed by atoms with Gasteiger partial charge in [0.25, 0.3) is 5.91 Å². The van der Waals surface area contributed by atoms with Crippen molar-refractivity contribution in [3.8, 4) is 11.5 Å². The molecule has 1 fully saturated rings. The largest absolute Gasteiger partial charge is 0.497 e. The van der Waals surface area contributed by atoms with Crippen molar-refractivity contribution in [2.75, 3.05) is 54.0 Å². The number of piperazine rings is 1. The molecule has 1 amide bonds. The monoisotopic (exact) mass is 440 g/mol. The number of carbonyl (C=O) groups excluding carboxylic acids is 1. The number of hydrogen-bond acceptors (Lipinski definition) is 6. The lowest BCUT2D eigenvalue weighted by atomic mass is 9.97. The predicted octanol–water partition coefficient (Wildman–Crippen LogP) is 2.77. The molecule has 1 atom stereocenters. The van der Waals surface area contributed by atoms with Gasteiger partial charge in [-0.15, -0.1) is 0 Å². The second-order valence-corrected chi connectivity index (χ2v) is 8.17. The zero-order valence-corrected chi connectivity index (χ0v) is 18.8. The highest BCUT2D eigenvalue weighted by Crippen LogP contribution is 2.39. The molecule has 7 nitrogen and oxygen atoms in total. The molecular weight excluding hydrogens is 411 g/mol. The number of hydrogen-bond donors (Lipinski definition) is 0. The molecule has 170 valence electrons. The molecule has 1 saturated heterocycles. The molecule has 8 heteroatoms. The smallest absolute Gasteiger partial charge is 0.257 e. The summed E-state index contributed by atoms with van der Waals surface area (Å²) < 4.78 is 25.4. The number of benzene rings is 2. The summed E-state index contributed by atoms with van der Waals surface area (Å²) in [6, 6.07) is 11.7. The Hall–Kier alpha value is -2.97. The Morgan fingerprint density at radius 2 is 1.84 bits per heavy atom. The summed E-state index contributed by atoms with van der Waals surface area (Å²) in [6.45, 7) is 3.78. The topological polar surface area (TPSA) is 57.6 Å². The van der Waals surface area contributed by atoms with E-state index in [0.29, 0.717) is 29.2 Å². The van der Waals surface area contributed by atoms with Crippen molar-refractivity contribution in [2.45, 2.75) is 12.5 Å². The van der Waals surface area contributed by atoms with Crippen molar-refractivity contribution in [3.63, 3.8) is 0 Å². The molecule has 0 bridgehead atoms. The van der Waals surface area contributed by atoms with E-state index in [4.69, 9.17) is 9.47 Å². The van der Waals surface area contributed by atoms with Gasteiger partial charge in [-0.2, -0.15) is 5.10 Å². The first-order chi connectivity index (χ1) is 15.5. The lowest BCUT2D eigenvalue weighted by Gasteiger charge is -2.33. The summed E-state index contributed by atoms with van der Waals surface area (Å²) in [5.74, 6) is 0.815. The van der Waals surface area contributed by atoms with Gasteiger partial charge in [-0.25, -0.2) is 9.40 Å². The molecule has 2 aromatic rings. The van der Waals surface area contributed by atoms with Gasteiger partial charge in [0.05, 0.1) is 32.5 Å². The summed E-state index contributed by atoms with van der Waals surface area (Å²) in [5, 5.41) is 6.12. The van der Waals surface area contributed by atoms with Crippen molar-refractivity contribution >= 4 is 11.6 Å². The highest BCUT2D eigenvalue weighted by atomic mass is 19.1. The maximum Gasteiger partial charge on any atom is 0.257 e. The molecule has 0 radical (unpaired) electrons. The second kappa shape index (κ2) is 9.67. The van der Waals surface area contributed by atoms with Crippen LogP contribution in [-0.4, -0.2) is 80.4 Å². The Balaban J connectivity index is 1.65. The van der Waals surface area contributed by atoms with Crippen LogP contribution in [0.1, 0.15) is 23.6 Å². The highest BCUT2D eigenvalue weighted by molar-refractivity contribution is 6.03. The summed E-state index contributed by atoms with van der Waals surface area (Å²) in [5.41, 5.74) is 1.78. The highest BCUT2D eigenvalue weighted by Gasteiger charge is 2.36. The van der Waals surface area contributed by atoms with Crippen LogP contribution in [0.2, 0.25) is 0 Å². The van der Waals surface area contributed by atoms with E-state index in [0.717, 1.165) is 31.7 Å². The Kier molecular flexibility index (Phi) is 6.72. The molecule has 0 spiro atoms. The Morgan fingerprint density at radius 1 is 1.09 bits per heavy atom. The van der Waals surface area contributed by atoms with Gasteiger partial charge in [-0.3, -0.25) is 9.69 Å². The Bertz CT molecular complexity index is 1000. The summed E-state index contributed by atoms with van der Waals surface area (Å²) in [7, 11) is 5.26. The van der Waals surface area contributed by atoms with Gasteiger partial charge in [0.15, 0.2) is 0 Å². The van der Waals surface area contributed by atoms with Crippen LogP contribution in [-0.2, 0) is 4.79 Å². The second-order valence-electron chi connectivity index (χ2n) is 8.17. The molecule has 2 aliphatic rings. The fourth-order valence-electron chi connectivity index (χ4n) is 4.20. The molecule has 4 rings (SSSR count). The number of amides is 1. The van der Waals surface area contributed by atoms with Crippen LogP contribution in [0.3, 0.4) is 0 Å². The number of carbonyl (C=O) groups is 1. The first-order valence-corrected chi connectivity index (χ1v) is 10.8. The van der Waals surface area contributed by atoms with E-state index < -0.39 is 0 Å². The molecule has 2 aromatic carbocycles. The fourth-order valence-corrected chi connectivity index (χ4v) is 4.20. The van der Waals surface area contributed by atoms with E-state index in [9.17, 15) is 9.18 Å². The van der Waals surface area contributed by atoms with Gasteiger partial charge in [0, 0.05) is 49.8 Å². The summed E-state index contributed by atoms with van der Waals surface area (Å²) >= 11 is 0. The van der Waals surface area contributed by atoms with E-state index in [2.05, 4.69) is 21.9 Å². The van der Waals surface area contributed by atoms with Crippen molar-refractivity contribution in [3.05, 3.63) is 59.4 Å². The molecule has 0 aliphatic carbocycles. The number of hydrazone groups is 1. The number of rotatable bonds is 6. The molecule has 0 N–H and O–H groups in total. The minimum atomic E-state index is -0.384. The normalized spacial score (nSPS) is 19.7. The molecule has 0 aromatic heterocycles. The summed E-state index contributed by atoms with van der Waals surface area (Å²) in [4.78, 5) is 17.8. The minimum Gasteiger partial charge on any atom is -0.497 e. The third kappa shape index (κ3) is 4.61. The number of ether oxygens (including phenoxy) is 2. The Morgan fingerprint density at radius 3 is 2.53 bits per heavy atom. The Labute approximate surface area is 188 Å². The zero-order valence-electron chi connectivity index (χ0n) is 18.8. The van der Waals surface area contributed by atoms with Gasteiger partial charge in [-0.1, -0.05) is 18.2 Å². The van der Waals surface area contributed by atoms with Crippen molar-refractivity contribution < 1.29 is 18.7 Å². The van der Waals surface area contributed by atoms with E-state index in [1.807, 2.05) is 12.1 Å². The fraction of sp³-hybridized carbons (Fsp3) is 0.417. The van der Waals surface area contributed by atoms with Gasteiger partial charge < -0.3 is 14.4 Å². The quantitative estimate of drug-likeness (QED) is 0.692. The predicted molar refractivity (Wildman–Crippen MR) is 121 cm³/mol. The van der Waals surface area contributed by atoms with Crippen LogP contribution in [0.5, 0.6) is 11.5 Å². The molecule has 2 aliphatic heterocycles. The first-order valence-electron chi connectivity index (χ1n) is 10.8. The number of methoxy groups -OCH3 is 2. The summed E-state index contributed by atoms with van der Waals surface area (Å²) in [6.07, 6.45) is 0.401. The number of halogens is 1. The number of nitrogens with zero attached hydrogens (tertiary/aromatic N) is 4. The van der Waals surface area contributed by atoms with Crippen LogP contribution in [0.15, 0.2) is 47.6 Å². The maximum absolute atomic E-state index is 14.5. The SMILES string of the molecule is COc1ccc(C2CC(c3ccccc3F)=NN2C(=O)CN2CCN(C)CC2)c(OC)c1. The van der Waals surface area contributed by atoms with Crippen molar-refractivity contribution in [1.29, 1.82) is 0 Å². The van der Waals surface area contributed by atoms with E-state index >= 15 is 0 Å². The van der Waals surface area contributed by atoms with Crippen LogP contribution in [0.4, 0.5) is 4.39 Å². The lowest BCUT2D eigenvalue weighted by molar-refractivity contribution is -0.134. The standard InChI is InChI=1S/C24H29FN4O3/c1-27-10-12-28(13-11-27)16-24(30)29-22(19-9-8-17(31-2)14-23(19)32-3)15-21(26-29)18-6-4-5-7-20(18)25/h4-9,14,22H,10-13,15-16H2,1-3H3. The number of likely N-dealkylation sites (N-methyl/N-ethyl adjacent to an activating group) is 1. The average Bonchev–Trinajstić information content (AvgIpc) is 3.25. The van der Waals surface area contributed by atoms with Gasteiger partial charge in [0.1, 0.15) is 17.3 Å². The molecule has 32 heavy (non-hydrogen) atoms. The zero-order chi connectivity index (χ0) is 22.7.